The summed E-state index contributed by atoms with van der Waals surface area (Å²) in [5.41, 5.74) is 3.73. The molecule has 2 heteroatoms. The van der Waals surface area contributed by atoms with Crippen molar-refractivity contribution in [1.82, 2.24) is 5.32 Å². The van der Waals surface area contributed by atoms with E-state index in [1.807, 2.05) is 12.1 Å². The van der Waals surface area contributed by atoms with Crippen molar-refractivity contribution in [3.63, 3.8) is 0 Å². The van der Waals surface area contributed by atoms with Gasteiger partial charge in [0.1, 0.15) is 0 Å². The van der Waals surface area contributed by atoms with Crippen molar-refractivity contribution in [3.8, 4) is 0 Å². The van der Waals surface area contributed by atoms with E-state index in [4.69, 9.17) is 5.11 Å². The van der Waals surface area contributed by atoms with E-state index in [2.05, 4.69) is 23.5 Å². The molecule has 1 aromatic carbocycles. The Morgan fingerprint density at radius 2 is 1.80 bits per heavy atom. The molecule has 0 unspecified atom stereocenters. The van der Waals surface area contributed by atoms with Gasteiger partial charge in [0.25, 0.3) is 0 Å². The summed E-state index contributed by atoms with van der Waals surface area (Å²) in [5.74, 6) is 0. The minimum absolute atomic E-state index is 0.126. The first kappa shape index (κ1) is 10.4. The van der Waals surface area contributed by atoms with E-state index in [9.17, 15) is 0 Å². The third-order valence-corrected chi connectivity index (χ3v) is 2.78. The van der Waals surface area contributed by atoms with Crippen molar-refractivity contribution in [1.29, 1.82) is 0 Å². The number of hydrogen-bond donors (Lipinski definition) is 2. The standard InChI is InChI=1S/C13H17NO/c15-10-13-3-1-11(2-4-13)9-12-5-7-14-8-6-12/h1-4,9,14-15H,5-8,10H2. The van der Waals surface area contributed by atoms with Crippen molar-refractivity contribution in [2.24, 2.45) is 0 Å². The number of aliphatic hydroxyl groups excluding tert-OH is 1. The first-order valence-corrected chi connectivity index (χ1v) is 5.48. The van der Waals surface area contributed by atoms with Gasteiger partial charge in [-0.3, -0.25) is 0 Å². The van der Waals surface area contributed by atoms with Crippen molar-refractivity contribution >= 4 is 6.08 Å². The van der Waals surface area contributed by atoms with Gasteiger partial charge in [0, 0.05) is 0 Å². The van der Waals surface area contributed by atoms with E-state index in [1.165, 1.54) is 11.1 Å². The molecule has 15 heavy (non-hydrogen) atoms. The van der Waals surface area contributed by atoms with Crippen LogP contribution in [0.2, 0.25) is 0 Å². The van der Waals surface area contributed by atoms with Gasteiger partial charge in [0.15, 0.2) is 0 Å². The SMILES string of the molecule is OCc1ccc(C=C2CCNCC2)cc1. The molecule has 2 rings (SSSR count). The summed E-state index contributed by atoms with van der Waals surface area (Å²) >= 11 is 0. The zero-order valence-corrected chi connectivity index (χ0v) is 8.87. The molecule has 0 aromatic heterocycles. The second-order valence-electron chi connectivity index (χ2n) is 3.95. The highest BCUT2D eigenvalue weighted by Crippen LogP contribution is 2.15. The fraction of sp³-hybridized carbons (Fsp3) is 0.385. The molecule has 2 N–H and O–H groups in total. The summed E-state index contributed by atoms with van der Waals surface area (Å²) < 4.78 is 0. The van der Waals surface area contributed by atoms with E-state index in [0.717, 1.165) is 31.5 Å². The van der Waals surface area contributed by atoms with Gasteiger partial charge in [-0.15, -0.1) is 0 Å². The Morgan fingerprint density at radius 3 is 2.40 bits per heavy atom. The van der Waals surface area contributed by atoms with Gasteiger partial charge in [-0.2, -0.15) is 0 Å². The number of rotatable bonds is 2. The van der Waals surface area contributed by atoms with Gasteiger partial charge < -0.3 is 10.4 Å². The van der Waals surface area contributed by atoms with Gasteiger partial charge in [0.2, 0.25) is 0 Å². The van der Waals surface area contributed by atoms with E-state index in [-0.39, 0.29) is 6.61 Å². The molecular formula is C13H17NO. The second kappa shape index (κ2) is 5.10. The molecule has 1 aliphatic heterocycles. The Kier molecular flexibility index (Phi) is 3.54. The lowest BCUT2D eigenvalue weighted by atomic mass is 10.0. The molecule has 1 saturated heterocycles. The molecule has 0 aliphatic carbocycles. The molecule has 0 bridgehead atoms. The average Bonchev–Trinajstić information content (AvgIpc) is 2.31. The number of benzene rings is 1. The van der Waals surface area contributed by atoms with Crippen LogP contribution >= 0.6 is 0 Å². The number of hydrogen-bond acceptors (Lipinski definition) is 2. The van der Waals surface area contributed by atoms with Crippen molar-refractivity contribution in [2.45, 2.75) is 19.4 Å². The summed E-state index contributed by atoms with van der Waals surface area (Å²) in [6, 6.07) is 8.10. The Balaban J connectivity index is 2.08. The largest absolute Gasteiger partial charge is 0.392 e. The Bertz CT molecular complexity index is 332. The van der Waals surface area contributed by atoms with Crippen LogP contribution in [0.4, 0.5) is 0 Å². The van der Waals surface area contributed by atoms with Crippen molar-refractivity contribution in [3.05, 3.63) is 41.0 Å². The molecule has 0 saturated carbocycles. The Morgan fingerprint density at radius 1 is 1.13 bits per heavy atom. The van der Waals surface area contributed by atoms with E-state index in [0.29, 0.717) is 0 Å². The predicted octanol–water partition coefficient (Wildman–Crippen LogP) is 1.95. The first-order valence-electron chi connectivity index (χ1n) is 5.48. The van der Waals surface area contributed by atoms with Crippen LogP contribution in [0.5, 0.6) is 0 Å². The van der Waals surface area contributed by atoms with Crippen molar-refractivity contribution < 1.29 is 5.11 Å². The minimum Gasteiger partial charge on any atom is -0.392 e. The fourth-order valence-corrected chi connectivity index (χ4v) is 1.85. The Labute approximate surface area is 90.6 Å². The first-order chi connectivity index (χ1) is 7.38. The molecule has 1 heterocycles. The summed E-state index contributed by atoms with van der Waals surface area (Å²) in [6.07, 6.45) is 4.57. The molecule has 80 valence electrons. The zero-order chi connectivity index (χ0) is 10.5. The van der Waals surface area contributed by atoms with Gasteiger partial charge in [-0.25, -0.2) is 0 Å². The molecule has 1 fully saturated rings. The third-order valence-electron chi connectivity index (χ3n) is 2.78. The maximum Gasteiger partial charge on any atom is 0.0681 e. The maximum atomic E-state index is 8.93. The molecular weight excluding hydrogens is 186 g/mol. The van der Waals surface area contributed by atoms with Gasteiger partial charge >= 0.3 is 0 Å². The summed E-state index contributed by atoms with van der Waals surface area (Å²) in [7, 11) is 0. The summed E-state index contributed by atoms with van der Waals surface area (Å²) in [6.45, 7) is 2.32. The normalized spacial score (nSPS) is 16.5. The molecule has 0 spiro atoms. The van der Waals surface area contributed by atoms with E-state index >= 15 is 0 Å². The molecule has 0 atom stereocenters. The van der Waals surface area contributed by atoms with Gasteiger partial charge in [-0.05, 0) is 37.1 Å². The topological polar surface area (TPSA) is 32.3 Å². The molecule has 0 amide bonds. The monoisotopic (exact) mass is 203 g/mol. The lowest BCUT2D eigenvalue weighted by Crippen LogP contribution is -2.22. The van der Waals surface area contributed by atoms with Crippen LogP contribution in [0.15, 0.2) is 29.8 Å². The van der Waals surface area contributed by atoms with Crippen LogP contribution in [-0.2, 0) is 6.61 Å². The minimum atomic E-state index is 0.126. The smallest absolute Gasteiger partial charge is 0.0681 e. The predicted molar refractivity (Wildman–Crippen MR) is 62.4 cm³/mol. The maximum absolute atomic E-state index is 8.93. The molecule has 1 aromatic rings. The van der Waals surface area contributed by atoms with Crippen LogP contribution in [0, 0.1) is 0 Å². The van der Waals surface area contributed by atoms with Crippen LogP contribution in [0.25, 0.3) is 6.08 Å². The van der Waals surface area contributed by atoms with Crippen LogP contribution in [0.3, 0.4) is 0 Å². The molecule has 0 radical (unpaired) electrons. The number of aliphatic hydroxyl groups is 1. The number of piperidine rings is 1. The highest BCUT2D eigenvalue weighted by molar-refractivity contribution is 5.53. The van der Waals surface area contributed by atoms with Gasteiger partial charge in [-0.1, -0.05) is 35.9 Å². The zero-order valence-electron chi connectivity index (χ0n) is 8.87. The number of nitrogens with one attached hydrogen (secondary N) is 1. The lowest BCUT2D eigenvalue weighted by molar-refractivity contribution is 0.282. The van der Waals surface area contributed by atoms with Crippen LogP contribution < -0.4 is 5.32 Å². The van der Waals surface area contributed by atoms with Crippen molar-refractivity contribution in [2.75, 3.05) is 13.1 Å². The second-order valence-corrected chi connectivity index (χ2v) is 3.95. The fourth-order valence-electron chi connectivity index (χ4n) is 1.85. The van der Waals surface area contributed by atoms with Crippen LogP contribution in [-0.4, -0.2) is 18.2 Å². The summed E-state index contributed by atoms with van der Waals surface area (Å²) in [5, 5.41) is 12.3. The molecule has 2 nitrogen and oxygen atoms in total. The molecule has 1 aliphatic rings. The summed E-state index contributed by atoms with van der Waals surface area (Å²) in [4.78, 5) is 0. The van der Waals surface area contributed by atoms with E-state index < -0.39 is 0 Å². The van der Waals surface area contributed by atoms with E-state index in [1.54, 1.807) is 0 Å². The third kappa shape index (κ3) is 2.91. The highest BCUT2D eigenvalue weighted by Gasteiger charge is 2.03. The lowest BCUT2D eigenvalue weighted by Gasteiger charge is -2.15. The highest BCUT2D eigenvalue weighted by atomic mass is 16.3. The Hall–Kier alpha value is -1.12. The average molecular weight is 203 g/mol. The van der Waals surface area contributed by atoms with Crippen LogP contribution in [0.1, 0.15) is 24.0 Å². The quantitative estimate of drug-likeness (QED) is 0.770. The van der Waals surface area contributed by atoms with Gasteiger partial charge in [0.05, 0.1) is 6.61 Å².